The van der Waals surface area contributed by atoms with E-state index in [0.29, 0.717) is 0 Å². The minimum atomic E-state index is -0.869. The molecule has 19 heavy (non-hydrogen) atoms. The normalized spacial score (nSPS) is 18.0. The van der Waals surface area contributed by atoms with Crippen LogP contribution in [0.4, 0.5) is 0 Å². The highest BCUT2D eigenvalue weighted by molar-refractivity contribution is 5.76. The molecule has 104 valence electrons. The summed E-state index contributed by atoms with van der Waals surface area (Å²) in [6.07, 6.45) is 4.29. The molecule has 2 rings (SSSR count). The Balaban J connectivity index is 1.96. The number of nitrogens with two attached hydrogens (primary N) is 1. The van der Waals surface area contributed by atoms with Gasteiger partial charge in [0, 0.05) is 13.7 Å². The first-order valence-corrected chi connectivity index (χ1v) is 6.67. The second kappa shape index (κ2) is 5.72. The number of rotatable bonds is 7. The molecule has 1 saturated carbocycles. The summed E-state index contributed by atoms with van der Waals surface area (Å²) in [7, 11) is 1.77. The van der Waals surface area contributed by atoms with Gasteiger partial charge in [-0.25, -0.2) is 0 Å². The lowest BCUT2D eigenvalue weighted by atomic mass is 9.96. The van der Waals surface area contributed by atoms with Gasteiger partial charge in [-0.1, -0.05) is 24.3 Å². The molecular formula is C15H21NO3. The van der Waals surface area contributed by atoms with Gasteiger partial charge in [-0.3, -0.25) is 4.79 Å². The molecule has 0 heterocycles. The molecule has 1 aromatic rings. The van der Waals surface area contributed by atoms with E-state index in [-0.39, 0.29) is 12.1 Å². The van der Waals surface area contributed by atoms with Crippen LogP contribution < -0.4 is 5.73 Å². The van der Waals surface area contributed by atoms with Crippen LogP contribution >= 0.6 is 0 Å². The molecule has 0 radical (unpaired) electrons. The molecule has 3 N–H and O–H groups in total. The van der Waals surface area contributed by atoms with Crippen molar-refractivity contribution < 1.29 is 14.6 Å². The standard InChI is InChI=1S/C15H21NO3/c1-19-15(8-9-15)7-6-11-2-4-12(5-3-11)13(10-16)14(17)18/h2-5,13H,6-10,16H2,1H3,(H,17,18). The van der Waals surface area contributed by atoms with E-state index in [1.807, 2.05) is 24.3 Å². The summed E-state index contributed by atoms with van der Waals surface area (Å²) in [6.45, 7) is 0.126. The van der Waals surface area contributed by atoms with Crippen molar-refractivity contribution in [2.45, 2.75) is 37.2 Å². The van der Waals surface area contributed by atoms with Gasteiger partial charge in [0.1, 0.15) is 0 Å². The Morgan fingerprint density at radius 3 is 2.47 bits per heavy atom. The zero-order valence-corrected chi connectivity index (χ0v) is 11.3. The van der Waals surface area contributed by atoms with Crippen LogP contribution in [0.2, 0.25) is 0 Å². The van der Waals surface area contributed by atoms with Gasteiger partial charge in [0.25, 0.3) is 0 Å². The molecule has 0 saturated heterocycles. The lowest BCUT2D eigenvalue weighted by molar-refractivity contribution is -0.138. The summed E-state index contributed by atoms with van der Waals surface area (Å²) in [5.74, 6) is -1.48. The van der Waals surface area contributed by atoms with Crippen LogP contribution in [0.5, 0.6) is 0 Å². The summed E-state index contributed by atoms with van der Waals surface area (Å²) in [5.41, 5.74) is 7.59. The SMILES string of the molecule is COC1(CCc2ccc(C(CN)C(=O)O)cc2)CC1. The van der Waals surface area contributed by atoms with E-state index in [4.69, 9.17) is 15.6 Å². The molecule has 0 aliphatic heterocycles. The maximum atomic E-state index is 11.0. The molecule has 0 spiro atoms. The highest BCUT2D eigenvalue weighted by Gasteiger charge is 2.42. The second-order valence-electron chi connectivity index (χ2n) is 5.26. The van der Waals surface area contributed by atoms with Gasteiger partial charge >= 0.3 is 5.97 Å². The van der Waals surface area contributed by atoms with E-state index in [1.165, 1.54) is 5.56 Å². The molecule has 0 amide bonds. The Morgan fingerprint density at radius 2 is 2.05 bits per heavy atom. The average Bonchev–Trinajstić information content (AvgIpc) is 3.19. The Kier molecular flexibility index (Phi) is 4.22. The van der Waals surface area contributed by atoms with Crippen molar-refractivity contribution in [3.8, 4) is 0 Å². The van der Waals surface area contributed by atoms with Crippen LogP contribution in [-0.2, 0) is 16.0 Å². The van der Waals surface area contributed by atoms with Gasteiger partial charge < -0.3 is 15.6 Å². The maximum absolute atomic E-state index is 11.0. The third kappa shape index (κ3) is 3.33. The van der Waals surface area contributed by atoms with Crippen LogP contribution in [0.1, 0.15) is 36.3 Å². The first-order chi connectivity index (χ1) is 9.10. The fraction of sp³-hybridized carbons (Fsp3) is 0.533. The van der Waals surface area contributed by atoms with Crippen molar-refractivity contribution in [3.05, 3.63) is 35.4 Å². The number of carboxylic acids is 1. The molecule has 4 heteroatoms. The highest BCUT2D eigenvalue weighted by Crippen LogP contribution is 2.42. The van der Waals surface area contributed by atoms with E-state index in [0.717, 1.165) is 31.2 Å². The smallest absolute Gasteiger partial charge is 0.312 e. The molecular weight excluding hydrogens is 242 g/mol. The Morgan fingerprint density at radius 1 is 1.42 bits per heavy atom. The number of carbonyl (C=O) groups is 1. The first kappa shape index (κ1) is 14.0. The van der Waals surface area contributed by atoms with E-state index >= 15 is 0 Å². The van der Waals surface area contributed by atoms with Gasteiger partial charge in [-0.2, -0.15) is 0 Å². The van der Waals surface area contributed by atoms with Gasteiger partial charge in [0.05, 0.1) is 11.5 Å². The minimum Gasteiger partial charge on any atom is -0.481 e. The van der Waals surface area contributed by atoms with E-state index in [2.05, 4.69) is 0 Å². The predicted molar refractivity (Wildman–Crippen MR) is 73.2 cm³/mol. The van der Waals surface area contributed by atoms with Gasteiger partial charge in [-0.05, 0) is 36.8 Å². The molecule has 0 bridgehead atoms. The van der Waals surface area contributed by atoms with Crippen molar-refractivity contribution in [3.63, 3.8) is 0 Å². The molecule has 1 atom stereocenters. The number of methoxy groups -OCH3 is 1. The second-order valence-corrected chi connectivity index (χ2v) is 5.26. The number of benzene rings is 1. The van der Waals surface area contributed by atoms with Crippen LogP contribution in [0.3, 0.4) is 0 Å². The van der Waals surface area contributed by atoms with Crippen LogP contribution in [-0.4, -0.2) is 30.3 Å². The zero-order valence-electron chi connectivity index (χ0n) is 11.3. The quantitative estimate of drug-likeness (QED) is 0.788. The number of aliphatic carboxylic acids is 1. The number of carboxylic acid groups (broad SMARTS) is 1. The van der Waals surface area contributed by atoms with Crippen LogP contribution in [0.15, 0.2) is 24.3 Å². The zero-order chi connectivity index (χ0) is 13.9. The summed E-state index contributed by atoms with van der Waals surface area (Å²) < 4.78 is 5.49. The predicted octanol–water partition coefficient (Wildman–Crippen LogP) is 1.93. The van der Waals surface area contributed by atoms with E-state index in [1.54, 1.807) is 7.11 Å². The lowest BCUT2D eigenvalue weighted by Gasteiger charge is -2.14. The summed E-state index contributed by atoms with van der Waals surface area (Å²) in [4.78, 5) is 11.0. The topological polar surface area (TPSA) is 72.5 Å². The van der Waals surface area contributed by atoms with Gasteiger partial charge in [0.2, 0.25) is 0 Å². The fourth-order valence-corrected chi connectivity index (χ4v) is 2.36. The molecule has 1 aromatic carbocycles. The number of aryl methyl sites for hydroxylation is 1. The summed E-state index contributed by atoms with van der Waals surface area (Å²) >= 11 is 0. The maximum Gasteiger partial charge on any atom is 0.312 e. The van der Waals surface area contributed by atoms with Crippen molar-refractivity contribution in [2.24, 2.45) is 5.73 Å². The molecule has 1 unspecified atom stereocenters. The van der Waals surface area contributed by atoms with Crippen molar-refractivity contribution in [1.82, 2.24) is 0 Å². The first-order valence-electron chi connectivity index (χ1n) is 6.67. The van der Waals surface area contributed by atoms with Gasteiger partial charge in [0.15, 0.2) is 0 Å². The molecule has 1 aliphatic rings. The summed E-state index contributed by atoms with van der Waals surface area (Å²) in [5, 5.41) is 9.05. The monoisotopic (exact) mass is 263 g/mol. The molecule has 0 aromatic heterocycles. The van der Waals surface area contributed by atoms with Crippen molar-refractivity contribution in [2.75, 3.05) is 13.7 Å². The third-order valence-electron chi connectivity index (χ3n) is 4.03. The molecule has 4 nitrogen and oxygen atoms in total. The largest absolute Gasteiger partial charge is 0.481 e. The fourth-order valence-electron chi connectivity index (χ4n) is 2.36. The lowest BCUT2D eigenvalue weighted by Crippen LogP contribution is -2.21. The van der Waals surface area contributed by atoms with Gasteiger partial charge in [-0.15, -0.1) is 0 Å². The van der Waals surface area contributed by atoms with E-state index < -0.39 is 11.9 Å². The third-order valence-corrected chi connectivity index (χ3v) is 4.03. The van der Waals surface area contributed by atoms with Crippen molar-refractivity contribution in [1.29, 1.82) is 0 Å². The Bertz CT molecular complexity index is 437. The van der Waals surface area contributed by atoms with Crippen LogP contribution in [0.25, 0.3) is 0 Å². The Hall–Kier alpha value is -1.39. The molecule has 1 aliphatic carbocycles. The average molecular weight is 263 g/mol. The number of hydrogen-bond donors (Lipinski definition) is 2. The van der Waals surface area contributed by atoms with E-state index in [9.17, 15) is 4.79 Å². The van der Waals surface area contributed by atoms with Crippen molar-refractivity contribution >= 4 is 5.97 Å². The Labute approximate surface area is 113 Å². The van der Waals surface area contributed by atoms with Crippen LogP contribution in [0, 0.1) is 0 Å². The highest BCUT2D eigenvalue weighted by atomic mass is 16.5. The summed E-state index contributed by atoms with van der Waals surface area (Å²) in [6, 6.07) is 7.72. The number of ether oxygens (including phenoxy) is 1. The minimum absolute atomic E-state index is 0.111. The number of hydrogen-bond acceptors (Lipinski definition) is 3. The molecule has 1 fully saturated rings.